The molecule has 1 atom stereocenters. The molecule has 2 heterocycles. The largest absolute Gasteiger partial charge is 0.352 e. The van der Waals surface area contributed by atoms with Gasteiger partial charge in [-0.05, 0) is 50.2 Å². The van der Waals surface area contributed by atoms with Crippen LogP contribution in [0.3, 0.4) is 0 Å². The van der Waals surface area contributed by atoms with Crippen LogP contribution in [0.2, 0.25) is 0 Å². The first-order valence-electron chi connectivity index (χ1n) is 8.46. The molecule has 2 aromatic heterocycles. The van der Waals surface area contributed by atoms with Crippen molar-refractivity contribution < 1.29 is 4.79 Å². The molecular formula is C17H27Cl2N5O2. The third-order valence-electron chi connectivity index (χ3n) is 4.97. The number of nitrogens with two attached hydrogens (primary N) is 1. The minimum atomic E-state index is -0.139. The quantitative estimate of drug-likeness (QED) is 0.679. The summed E-state index contributed by atoms with van der Waals surface area (Å²) in [6.45, 7) is 4.33. The Bertz CT molecular complexity index is 842. The van der Waals surface area contributed by atoms with Crippen molar-refractivity contribution in [1.82, 2.24) is 20.1 Å². The van der Waals surface area contributed by atoms with Crippen LogP contribution in [0.1, 0.15) is 36.1 Å². The van der Waals surface area contributed by atoms with Crippen molar-refractivity contribution in [2.45, 2.75) is 45.6 Å². The number of amides is 1. The molecule has 0 radical (unpaired) electrons. The van der Waals surface area contributed by atoms with E-state index in [9.17, 15) is 9.59 Å². The van der Waals surface area contributed by atoms with E-state index in [0.717, 1.165) is 29.7 Å². The fourth-order valence-electron chi connectivity index (χ4n) is 3.40. The number of aromatic amines is 1. The number of hydrogen-bond acceptors (Lipinski definition) is 4. The van der Waals surface area contributed by atoms with E-state index in [-0.39, 0.29) is 42.3 Å². The van der Waals surface area contributed by atoms with Crippen LogP contribution in [0, 0.1) is 19.8 Å². The van der Waals surface area contributed by atoms with Gasteiger partial charge in [-0.2, -0.15) is 0 Å². The molecule has 1 unspecified atom stereocenters. The summed E-state index contributed by atoms with van der Waals surface area (Å²) in [7, 11) is 1.77. The lowest BCUT2D eigenvalue weighted by Gasteiger charge is -2.16. The maximum atomic E-state index is 12.2. The van der Waals surface area contributed by atoms with Crippen LogP contribution < -0.4 is 16.6 Å². The van der Waals surface area contributed by atoms with Crippen LogP contribution in [-0.4, -0.2) is 33.3 Å². The second kappa shape index (κ2) is 8.88. The Morgan fingerprint density at radius 1 is 1.38 bits per heavy atom. The zero-order chi connectivity index (χ0) is 17.4. The Kier molecular flexibility index (Phi) is 7.68. The van der Waals surface area contributed by atoms with Crippen LogP contribution in [0.5, 0.6) is 0 Å². The van der Waals surface area contributed by atoms with E-state index in [4.69, 9.17) is 5.73 Å². The van der Waals surface area contributed by atoms with Gasteiger partial charge in [-0.3, -0.25) is 19.4 Å². The number of H-pyrrole nitrogens is 1. The molecule has 1 fully saturated rings. The van der Waals surface area contributed by atoms with Gasteiger partial charge in [0.1, 0.15) is 0 Å². The number of fused-ring (bicyclic) bond motifs is 1. The summed E-state index contributed by atoms with van der Waals surface area (Å²) in [5, 5.41) is 6.38. The van der Waals surface area contributed by atoms with Crippen LogP contribution >= 0.6 is 24.8 Å². The minimum absolute atomic E-state index is 0. The van der Waals surface area contributed by atoms with Gasteiger partial charge in [-0.1, -0.05) is 0 Å². The fraction of sp³-hybridized carbons (Fsp3) is 0.588. The number of carbonyl (C=O) groups excluding carboxylic acids is 1. The lowest BCUT2D eigenvalue weighted by atomic mass is 10.00. The zero-order valence-electron chi connectivity index (χ0n) is 15.3. The second-order valence-electron chi connectivity index (χ2n) is 6.75. The van der Waals surface area contributed by atoms with Gasteiger partial charge in [0.25, 0.3) is 5.56 Å². The summed E-state index contributed by atoms with van der Waals surface area (Å²) in [6.07, 6.45) is 3.25. The predicted octanol–water partition coefficient (Wildman–Crippen LogP) is 1.51. The first-order chi connectivity index (χ1) is 11.4. The van der Waals surface area contributed by atoms with E-state index in [1.807, 2.05) is 13.8 Å². The number of hydrogen-bond donors (Lipinski definition) is 3. The SMILES string of the molecule is Cc1nc2c(c(C)c1CCC(=O)NC(CN)C1CC1)c(=O)[nH]n2C.Cl.Cl. The predicted molar refractivity (Wildman–Crippen MR) is 107 cm³/mol. The van der Waals surface area contributed by atoms with Gasteiger partial charge in [0.15, 0.2) is 5.65 Å². The molecular weight excluding hydrogens is 377 g/mol. The maximum Gasteiger partial charge on any atom is 0.273 e. The van der Waals surface area contributed by atoms with Crippen LogP contribution in [0.15, 0.2) is 4.79 Å². The molecule has 0 saturated heterocycles. The number of rotatable bonds is 6. The number of carbonyl (C=O) groups is 1. The number of nitrogens with zero attached hydrogens (tertiary/aromatic N) is 2. The van der Waals surface area contributed by atoms with Gasteiger partial charge in [0, 0.05) is 31.7 Å². The molecule has 1 aliphatic rings. The third kappa shape index (κ3) is 4.39. The molecule has 1 saturated carbocycles. The average Bonchev–Trinajstić information content (AvgIpc) is 3.32. The van der Waals surface area contributed by atoms with E-state index in [1.165, 1.54) is 0 Å². The summed E-state index contributed by atoms with van der Waals surface area (Å²) in [5.41, 5.74) is 8.99. The normalized spacial score (nSPS) is 14.5. The molecule has 0 aliphatic heterocycles. The van der Waals surface area contributed by atoms with E-state index in [0.29, 0.717) is 36.3 Å². The van der Waals surface area contributed by atoms with E-state index in [1.54, 1.807) is 11.7 Å². The molecule has 26 heavy (non-hydrogen) atoms. The first-order valence-corrected chi connectivity index (χ1v) is 8.46. The zero-order valence-corrected chi connectivity index (χ0v) is 16.9. The molecule has 2 aromatic rings. The van der Waals surface area contributed by atoms with Crippen molar-refractivity contribution in [3.05, 3.63) is 27.2 Å². The lowest BCUT2D eigenvalue weighted by molar-refractivity contribution is -0.121. The lowest BCUT2D eigenvalue weighted by Crippen LogP contribution is -2.41. The van der Waals surface area contributed by atoms with Gasteiger partial charge in [0.2, 0.25) is 5.91 Å². The van der Waals surface area contributed by atoms with Crippen LogP contribution in [0.25, 0.3) is 11.0 Å². The molecule has 9 heteroatoms. The number of aromatic nitrogens is 3. The first kappa shape index (κ1) is 22.5. The summed E-state index contributed by atoms with van der Waals surface area (Å²) < 4.78 is 1.63. The monoisotopic (exact) mass is 403 g/mol. The number of halogens is 2. The summed E-state index contributed by atoms with van der Waals surface area (Å²) in [4.78, 5) is 28.8. The van der Waals surface area contributed by atoms with Crippen molar-refractivity contribution in [3.63, 3.8) is 0 Å². The molecule has 3 rings (SSSR count). The number of aryl methyl sites for hydroxylation is 3. The second-order valence-corrected chi connectivity index (χ2v) is 6.75. The molecule has 4 N–H and O–H groups in total. The minimum Gasteiger partial charge on any atom is -0.352 e. The van der Waals surface area contributed by atoms with Crippen molar-refractivity contribution >= 4 is 41.8 Å². The average molecular weight is 404 g/mol. The van der Waals surface area contributed by atoms with Gasteiger partial charge < -0.3 is 11.1 Å². The van der Waals surface area contributed by atoms with Gasteiger partial charge >= 0.3 is 0 Å². The Balaban J connectivity index is 0.00000169. The van der Waals surface area contributed by atoms with E-state index < -0.39 is 0 Å². The molecule has 0 aromatic carbocycles. The number of pyridine rings is 1. The van der Waals surface area contributed by atoms with Gasteiger partial charge in [-0.15, -0.1) is 24.8 Å². The highest BCUT2D eigenvalue weighted by Crippen LogP contribution is 2.32. The van der Waals surface area contributed by atoms with Crippen molar-refractivity contribution in [2.24, 2.45) is 18.7 Å². The maximum absolute atomic E-state index is 12.2. The molecule has 1 aliphatic carbocycles. The highest BCUT2D eigenvalue weighted by atomic mass is 35.5. The van der Waals surface area contributed by atoms with Gasteiger partial charge in [-0.25, -0.2) is 4.98 Å². The van der Waals surface area contributed by atoms with Crippen molar-refractivity contribution in [1.29, 1.82) is 0 Å². The Morgan fingerprint density at radius 2 is 2.04 bits per heavy atom. The van der Waals surface area contributed by atoms with Crippen molar-refractivity contribution in [2.75, 3.05) is 6.54 Å². The third-order valence-corrected chi connectivity index (χ3v) is 4.97. The van der Waals surface area contributed by atoms with E-state index >= 15 is 0 Å². The summed E-state index contributed by atoms with van der Waals surface area (Å²) in [6, 6.07) is 0.0947. The summed E-state index contributed by atoms with van der Waals surface area (Å²) >= 11 is 0. The van der Waals surface area contributed by atoms with Crippen LogP contribution in [0.4, 0.5) is 0 Å². The number of nitrogens with one attached hydrogen (secondary N) is 2. The van der Waals surface area contributed by atoms with E-state index in [2.05, 4.69) is 15.4 Å². The highest BCUT2D eigenvalue weighted by molar-refractivity contribution is 5.85. The summed E-state index contributed by atoms with van der Waals surface area (Å²) in [5.74, 6) is 0.557. The molecule has 0 bridgehead atoms. The molecule has 0 spiro atoms. The Hall–Kier alpha value is -1.57. The van der Waals surface area contributed by atoms with Crippen LogP contribution in [-0.2, 0) is 18.3 Å². The molecule has 146 valence electrons. The van der Waals surface area contributed by atoms with Crippen molar-refractivity contribution in [3.8, 4) is 0 Å². The Morgan fingerprint density at radius 3 is 2.62 bits per heavy atom. The fourth-order valence-corrected chi connectivity index (χ4v) is 3.40. The topological polar surface area (TPSA) is 106 Å². The highest BCUT2D eigenvalue weighted by Gasteiger charge is 2.31. The molecule has 1 amide bonds. The smallest absolute Gasteiger partial charge is 0.273 e. The Labute approximate surface area is 164 Å². The molecule has 7 nitrogen and oxygen atoms in total. The van der Waals surface area contributed by atoms with Gasteiger partial charge in [0.05, 0.1) is 5.39 Å². The standard InChI is InChI=1S/C17H25N5O2.2ClH/c1-9-12(6-7-14(23)20-13(8-18)11-4-5-11)10(2)19-16-15(9)17(24)21-22(16)3;;/h11,13H,4-8,18H2,1-3H3,(H,20,23)(H,21,24);2*1H.